The van der Waals surface area contributed by atoms with Crippen LogP contribution < -0.4 is 5.73 Å². The van der Waals surface area contributed by atoms with E-state index < -0.39 is 0 Å². The number of anilines is 1. The molecule has 2 nitrogen and oxygen atoms in total. The number of hydrogen-bond acceptors (Lipinski definition) is 2. The third-order valence-corrected chi connectivity index (χ3v) is 3.78. The molecule has 0 amide bonds. The molecule has 0 bridgehead atoms. The Kier molecular flexibility index (Phi) is 7.39. The van der Waals surface area contributed by atoms with Crippen molar-refractivity contribution in [1.29, 1.82) is 0 Å². The number of nitrogens with zero attached hydrogens (tertiary/aromatic N) is 1. The highest BCUT2D eigenvalue weighted by Gasteiger charge is 2.10. The lowest BCUT2D eigenvalue weighted by atomic mass is 10.1. The van der Waals surface area contributed by atoms with Crippen LogP contribution in [0.15, 0.2) is 18.2 Å². The Morgan fingerprint density at radius 2 is 1.60 bits per heavy atom. The largest absolute Gasteiger partial charge is 0.398 e. The molecule has 0 unspecified atom stereocenters. The molecular weight excluding hydrogens is 268 g/mol. The Balaban J connectivity index is 2.68. The Morgan fingerprint density at radius 3 is 2.10 bits per heavy atom. The van der Waals surface area contributed by atoms with Crippen molar-refractivity contribution < 1.29 is 0 Å². The Labute approximate surface area is 129 Å². The van der Waals surface area contributed by atoms with E-state index >= 15 is 0 Å². The number of halogens is 1. The van der Waals surface area contributed by atoms with Gasteiger partial charge in [0.2, 0.25) is 0 Å². The van der Waals surface area contributed by atoms with Crippen LogP contribution in [0.5, 0.6) is 0 Å². The van der Waals surface area contributed by atoms with Crippen LogP contribution in [0.4, 0.5) is 5.69 Å². The molecule has 1 aromatic carbocycles. The van der Waals surface area contributed by atoms with Gasteiger partial charge in [-0.3, -0.25) is 4.90 Å². The predicted molar refractivity (Wildman–Crippen MR) is 90.1 cm³/mol. The van der Waals surface area contributed by atoms with E-state index in [0.717, 1.165) is 47.7 Å². The first-order valence-corrected chi connectivity index (χ1v) is 8.02. The second-order valence-corrected chi connectivity index (χ2v) is 6.92. The average Bonchev–Trinajstić information content (AvgIpc) is 2.36. The first-order valence-electron chi connectivity index (χ1n) is 7.64. The number of rotatable bonds is 8. The van der Waals surface area contributed by atoms with E-state index in [0.29, 0.717) is 0 Å². The monoisotopic (exact) mass is 296 g/mol. The predicted octanol–water partition coefficient (Wildman–Crippen LogP) is 4.82. The highest BCUT2D eigenvalue weighted by molar-refractivity contribution is 6.30. The molecular formula is C17H29ClN2. The highest BCUT2D eigenvalue weighted by Crippen LogP contribution is 2.20. The normalized spacial score (nSPS) is 11.8. The van der Waals surface area contributed by atoms with Gasteiger partial charge in [-0.05, 0) is 61.5 Å². The van der Waals surface area contributed by atoms with Crippen molar-refractivity contribution in [3.05, 3.63) is 28.8 Å². The summed E-state index contributed by atoms with van der Waals surface area (Å²) in [4.78, 5) is 2.50. The molecule has 0 aliphatic rings. The Bertz CT molecular complexity index is 390. The lowest BCUT2D eigenvalue weighted by molar-refractivity contribution is 0.236. The van der Waals surface area contributed by atoms with Crippen LogP contribution in [-0.2, 0) is 6.54 Å². The van der Waals surface area contributed by atoms with Gasteiger partial charge >= 0.3 is 0 Å². The molecule has 0 spiro atoms. The number of nitrogen functional groups attached to an aromatic ring is 1. The zero-order valence-corrected chi connectivity index (χ0v) is 14.1. The van der Waals surface area contributed by atoms with Crippen molar-refractivity contribution in [2.75, 3.05) is 18.8 Å². The van der Waals surface area contributed by atoms with Crippen LogP contribution in [0.3, 0.4) is 0 Å². The maximum Gasteiger partial charge on any atom is 0.0410 e. The summed E-state index contributed by atoms with van der Waals surface area (Å²) in [5.74, 6) is 1.46. The van der Waals surface area contributed by atoms with Crippen molar-refractivity contribution in [3.8, 4) is 0 Å². The Hall–Kier alpha value is -0.730. The maximum absolute atomic E-state index is 6.08. The number of hydrogen-bond donors (Lipinski definition) is 1. The van der Waals surface area contributed by atoms with Crippen molar-refractivity contribution in [2.45, 2.75) is 47.1 Å². The van der Waals surface area contributed by atoms with Crippen LogP contribution in [0.1, 0.15) is 46.1 Å². The van der Waals surface area contributed by atoms with Crippen molar-refractivity contribution >= 4 is 17.3 Å². The minimum atomic E-state index is 0.730. The van der Waals surface area contributed by atoms with Gasteiger partial charge in [0.25, 0.3) is 0 Å². The van der Waals surface area contributed by atoms with Crippen LogP contribution >= 0.6 is 11.6 Å². The molecule has 2 N–H and O–H groups in total. The fourth-order valence-electron chi connectivity index (χ4n) is 2.10. The second kappa shape index (κ2) is 8.53. The molecule has 20 heavy (non-hydrogen) atoms. The van der Waals surface area contributed by atoms with Crippen molar-refractivity contribution in [1.82, 2.24) is 4.90 Å². The maximum atomic E-state index is 6.08. The summed E-state index contributed by atoms with van der Waals surface area (Å²) >= 11 is 6.08. The van der Waals surface area contributed by atoms with Gasteiger partial charge in [-0.1, -0.05) is 39.3 Å². The second-order valence-electron chi connectivity index (χ2n) is 6.48. The molecule has 0 aromatic heterocycles. The van der Waals surface area contributed by atoms with Gasteiger partial charge in [-0.15, -0.1) is 0 Å². The lowest BCUT2D eigenvalue weighted by Crippen LogP contribution is -2.27. The van der Waals surface area contributed by atoms with Crippen molar-refractivity contribution in [3.63, 3.8) is 0 Å². The van der Waals surface area contributed by atoms with Gasteiger partial charge in [0.05, 0.1) is 0 Å². The first kappa shape index (κ1) is 17.3. The van der Waals surface area contributed by atoms with E-state index in [9.17, 15) is 0 Å². The van der Waals surface area contributed by atoms with E-state index in [1.165, 1.54) is 12.8 Å². The van der Waals surface area contributed by atoms with E-state index in [2.05, 4.69) is 32.6 Å². The quantitative estimate of drug-likeness (QED) is 0.697. The van der Waals surface area contributed by atoms with Crippen LogP contribution in [0.25, 0.3) is 0 Å². The summed E-state index contributed by atoms with van der Waals surface area (Å²) in [5.41, 5.74) is 8.05. The minimum Gasteiger partial charge on any atom is -0.398 e. The zero-order chi connectivity index (χ0) is 15.1. The zero-order valence-electron chi connectivity index (χ0n) is 13.3. The lowest BCUT2D eigenvalue weighted by Gasteiger charge is -2.25. The fourth-order valence-corrected chi connectivity index (χ4v) is 2.30. The highest BCUT2D eigenvalue weighted by atomic mass is 35.5. The summed E-state index contributed by atoms with van der Waals surface area (Å²) in [5, 5.41) is 0.766. The molecule has 1 aromatic rings. The standard InChI is InChI=1S/C17H29ClN2/c1-13(2)7-9-20(10-8-14(3)4)12-15-11-16(18)5-6-17(15)19/h5-6,11,13-14H,7-10,12,19H2,1-4H3. The van der Waals surface area contributed by atoms with Crippen molar-refractivity contribution in [2.24, 2.45) is 11.8 Å². The number of benzene rings is 1. The SMILES string of the molecule is CC(C)CCN(CCC(C)C)Cc1cc(Cl)ccc1N. The van der Waals surface area contributed by atoms with Gasteiger partial charge in [-0.2, -0.15) is 0 Å². The molecule has 3 heteroatoms. The summed E-state index contributed by atoms with van der Waals surface area (Å²) in [6, 6.07) is 5.75. The third-order valence-electron chi connectivity index (χ3n) is 3.54. The molecule has 114 valence electrons. The van der Waals surface area contributed by atoms with Gasteiger partial charge < -0.3 is 5.73 Å². The number of nitrogens with two attached hydrogens (primary N) is 1. The molecule has 0 saturated heterocycles. The first-order chi connectivity index (χ1) is 9.38. The van der Waals surface area contributed by atoms with E-state index in [4.69, 9.17) is 17.3 Å². The van der Waals surface area contributed by atoms with Gasteiger partial charge in [0.15, 0.2) is 0 Å². The molecule has 0 aliphatic heterocycles. The van der Waals surface area contributed by atoms with Crippen LogP contribution in [0.2, 0.25) is 5.02 Å². The Morgan fingerprint density at radius 1 is 1.05 bits per heavy atom. The molecule has 0 heterocycles. The van der Waals surface area contributed by atoms with E-state index in [1.807, 2.05) is 18.2 Å². The fraction of sp³-hybridized carbons (Fsp3) is 0.647. The topological polar surface area (TPSA) is 29.3 Å². The summed E-state index contributed by atoms with van der Waals surface area (Å²) in [6.45, 7) is 12.2. The average molecular weight is 297 g/mol. The summed E-state index contributed by atoms with van der Waals surface area (Å²) < 4.78 is 0. The molecule has 0 atom stereocenters. The summed E-state index contributed by atoms with van der Waals surface area (Å²) in [6.07, 6.45) is 2.44. The summed E-state index contributed by atoms with van der Waals surface area (Å²) in [7, 11) is 0. The van der Waals surface area contributed by atoms with E-state index in [-0.39, 0.29) is 0 Å². The smallest absolute Gasteiger partial charge is 0.0410 e. The van der Waals surface area contributed by atoms with E-state index in [1.54, 1.807) is 0 Å². The third kappa shape index (κ3) is 6.62. The van der Waals surface area contributed by atoms with Gasteiger partial charge in [-0.25, -0.2) is 0 Å². The molecule has 0 aliphatic carbocycles. The molecule has 1 rings (SSSR count). The minimum absolute atomic E-state index is 0.730. The molecule has 0 fully saturated rings. The molecule has 0 radical (unpaired) electrons. The van der Waals surface area contributed by atoms with Gasteiger partial charge in [0, 0.05) is 17.3 Å². The van der Waals surface area contributed by atoms with Crippen LogP contribution in [0, 0.1) is 11.8 Å². The van der Waals surface area contributed by atoms with Gasteiger partial charge in [0.1, 0.15) is 0 Å². The van der Waals surface area contributed by atoms with Crippen LogP contribution in [-0.4, -0.2) is 18.0 Å². The molecule has 0 saturated carbocycles.